The maximum Gasteiger partial charge on any atom is 0.328 e. The highest BCUT2D eigenvalue weighted by molar-refractivity contribution is 5.85. The molecule has 0 aliphatic carbocycles. The molecule has 3 heteroatoms. The van der Waals surface area contributed by atoms with E-state index in [-0.39, 0.29) is 0 Å². The highest BCUT2D eigenvalue weighted by Crippen LogP contribution is 2.23. The lowest BCUT2D eigenvalue weighted by molar-refractivity contribution is -0.131. The number of hydrogen-bond acceptors (Lipinski definition) is 2. The molecule has 2 aromatic rings. The molecule has 0 aliphatic heterocycles. The number of hydrogen-bond donors (Lipinski definition) is 1. The Bertz CT molecular complexity index is 630. The lowest BCUT2D eigenvalue weighted by atomic mass is 10.1. The Labute approximate surface area is 118 Å². The number of ether oxygens (including phenoxy) is 1. The van der Waals surface area contributed by atoms with E-state index in [1.54, 1.807) is 6.07 Å². The summed E-state index contributed by atoms with van der Waals surface area (Å²) in [6.07, 6.45) is 3.60. The fraction of sp³-hybridized carbons (Fsp3) is 0.118. The van der Waals surface area contributed by atoms with Crippen LogP contribution >= 0.6 is 0 Å². The lowest BCUT2D eigenvalue weighted by Crippen LogP contribution is -1.88. The summed E-state index contributed by atoms with van der Waals surface area (Å²) in [5.41, 5.74) is 2.00. The van der Waals surface area contributed by atoms with Crippen molar-refractivity contribution in [3.05, 3.63) is 65.7 Å². The summed E-state index contributed by atoms with van der Waals surface area (Å²) < 4.78 is 5.79. The van der Waals surface area contributed by atoms with Crippen LogP contribution in [0, 0.1) is 0 Å². The van der Waals surface area contributed by atoms with Gasteiger partial charge in [0.1, 0.15) is 11.5 Å². The summed E-state index contributed by atoms with van der Waals surface area (Å²) in [5, 5.41) is 8.62. The Morgan fingerprint density at radius 2 is 1.85 bits per heavy atom. The van der Waals surface area contributed by atoms with E-state index in [1.807, 2.05) is 36.4 Å². The molecular formula is C17H16O3. The fourth-order valence-corrected chi connectivity index (χ4v) is 1.81. The summed E-state index contributed by atoms with van der Waals surface area (Å²) in [6.45, 7) is 2.09. The molecule has 1 N–H and O–H groups in total. The first-order valence-electron chi connectivity index (χ1n) is 6.45. The molecule has 0 spiro atoms. The zero-order valence-electron chi connectivity index (χ0n) is 11.2. The molecule has 0 amide bonds. The van der Waals surface area contributed by atoms with Gasteiger partial charge in [-0.15, -0.1) is 0 Å². The summed E-state index contributed by atoms with van der Waals surface area (Å²) >= 11 is 0. The third-order valence-corrected chi connectivity index (χ3v) is 2.82. The average Bonchev–Trinajstić information content (AvgIpc) is 2.46. The van der Waals surface area contributed by atoms with E-state index in [0.29, 0.717) is 5.75 Å². The molecule has 2 aromatic carbocycles. The number of benzene rings is 2. The summed E-state index contributed by atoms with van der Waals surface area (Å²) in [6, 6.07) is 15.2. The van der Waals surface area contributed by atoms with Gasteiger partial charge in [0.25, 0.3) is 0 Å². The molecule has 0 unspecified atom stereocenters. The van der Waals surface area contributed by atoms with Gasteiger partial charge in [-0.3, -0.25) is 0 Å². The van der Waals surface area contributed by atoms with Crippen LogP contribution in [0.25, 0.3) is 6.08 Å². The second-order valence-corrected chi connectivity index (χ2v) is 4.35. The number of carbonyl (C=O) groups is 1. The smallest absolute Gasteiger partial charge is 0.328 e. The predicted molar refractivity (Wildman–Crippen MR) is 79.0 cm³/mol. The third kappa shape index (κ3) is 3.99. The van der Waals surface area contributed by atoms with Crippen molar-refractivity contribution in [3.8, 4) is 11.5 Å². The van der Waals surface area contributed by atoms with Crippen LogP contribution in [0.2, 0.25) is 0 Å². The summed E-state index contributed by atoms with van der Waals surface area (Å²) in [5.74, 6) is 0.501. The maximum atomic E-state index is 10.5. The predicted octanol–water partition coefficient (Wildman–Crippen LogP) is 4.14. The van der Waals surface area contributed by atoms with E-state index in [2.05, 4.69) is 13.0 Å². The molecule has 102 valence electrons. The van der Waals surface area contributed by atoms with Crippen LogP contribution in [0.15, 0.2) is 54.6 Å². The maximum absolute atomic E-state index is 10.5. The SMILES string of the molecule is CCc1cccc(Oc2cccc(C=CC(=O)O)c2)c1. The minimum Gasteiger partial charge on any atom is -0.478 e. The molecule has 0 heterocycles. The summed E-state index contributed by atoms with van der Waals surface area (Å²) in [7, 11) is 0. The van der Waals surface area contributed by atoms with E-state index in [4.69, 9.17) is 9.84 Å². The molecule has 20 heavy (non-hydrogen) atoms. The molecule has 0 saturated heterocycles. The zero-order valence-corrected chi connectivity index (χ0v) is 11.2. The van der Waals surface area contributed by atoms with Crippen LogP contribution in [-0.4, -0.2) is 11.1 Å². The van der Waals surface area contributed by atoms with E-state index in [9.17, 15) is 4.79 Å². The molecule has 3 nitrogen and oxygen atoms in total. The fourth-order valence-electron chi connectivity index (χ4n) is 1.81. The highest BCUT2D eigenvalue weighted by atomic mass is 16.5. The quantitative estimate of drug-likeness (QED) is 0.829. The monoisotopic (exact) mass is 268 g/mol. The van der Waals surface area contributed by atoms with Gasteiger partial charge in [-0.2, -0.15) is 0 Å². The number of carboxylic acid groups (broad SMARTS) is 1. The van der Waals surface area contributed by atoms with Crippen LogP contribution in [0.1, 0.15) is 18.1 Å². The van der Waals surface area contributed by atoms with Gasteiger partial charge < -0.3 is 9.84 Å². The first-order valence-corrected chi connectivity index (χ1v) is 6.45. The minimum absolute atomic E-state index is 0.686. The van der Waals surface area contributed by atoms with E-state index in [1.165, 1.54) is 11.6 Å². The van der Waals surface area contributed by atoms with Gasteiger partial charge in [0.2, 0.25) is 0 Å². The Morgan fingerprint density at radius 3 is 2.55 bits per heavy atom. The van der Waals surface area contributed by atoms with Gasteiger partial charge in [-0.05, 0) is 47.9 Å². The molecule has 0 bridgehead atoms. The van der Waals surface area contributed by atoms with Crippen molar-refractivity contribution in [1.82, 2.24) is 0 Å². The minimum atomic E-state index is -0.966. The lowest BCUT2D eigenvalue weighted by Gasteiger charge is -2.07. The average molecular weight is 268 g/mol. The van der Waals surface area contributed by atoms with E-state index >= 15 is 0 Å². The first kappa shape index (κ1) is 13.9. The van der Waals surface area contributed by atoms with Crippen molar-refractivity contribution >= 4 is 12.0 Å². The molecule has 0 aliphatic rings. The molecule has 2 rings (SSSR count). The Balaban J connectivity index is 2.16. The molecule has 0 aromatic heterocycles. The van der Waals surface area contributed by atoms with Gasteiger partial charge in [0.15, 0.2) is 0 Å². The Kier molecular flexibility index (Phi) is 4.56. The second-order valence-electron chi connectivity index (χ2n) is 4.35. The standard InChI is InChI=1S/C17H16O3/c1-2-13-5-3-7-15(11-13)20-16-8-4-6-14(12-16)9-10-17(18)19/h3-12H,2H2,1H3,(H,18,19). The van der Waals surface area contributed by atoms with Gasteiger partial charge in [0, 0.05) is 6.08 Å². The van der Waals surface area contributed by atoms with Gasteiger partial charge in [0.05, 0.1) is 0 Å². The van der Waals surface area contributed by atoms with Gasteiger partial charge >= 0.3 is 5.97 Å². The second kappa shape index (κ2) is 6.57. The van der Waals surface area contributed by atoms with Gasteiger partial charge in [-0.25, -0.2) is 4.79 Å². The summed E-state index contributed by atoms with van der Waals surface area (Å²) in [4.78, 5) is 10.5. The molecule has 0 fully saturated rings. The van der Waals surface area contributed by atoms with Crippen molar-refractivity contribution in [2.45, 2.75) is 13.3 Å². The van der Waals surface area contributed by atoms with Crippen LogP contribution in [0.4, 0.5) is 0 Å². The number of rotatable bonds is 5. The number of aliphatic carboxylic acids is 1. The number of aryl methyl sites for hydroxylation is 1. The van der Waals surface area contributed by atoms with E-state index in [0.717, 1.165) is 23.8 Å². The van der Waals surface area contributed by atoms with Crippen LogP contribution in [0.3, 0.4) is 0 Å². The Hall–Kier alpha value is -2.55. The van der Waals surface area contributed by atoms with Crippen molar-refractivity contribution in [2.75, 3.05) is 0 Å². The Morgan fingerprint density at radius 1 is 1.15 bits per heavy atom. The molecule has 0 saturated carbocycles. The van der Waals surface area contributed by atoms with Crippen LogP contribution in [0.5, 0.6) is 11.5 Å². The highest BCUT2D eigenvalue weighted by Gasteiger charge is 1.99. The van der Waals surface area contributed by atoms with Gasteiger partial charge in [-0.1, -0.05) is 31.2 Å². The normalized spacial score (nSPS) is 10.7. The third-order valence-electron chi connectivity index (χ3n) is 2.82. The van der Waals surface area contributed by atoms with Crippen molar-refractivity contribution in [1.29, 1.82) is 0 Å². The first-order chi connectivity index (χ1) is 9.67. The number of carboxylic acids is 1. The van der Waals surface area contributed by atoms with Crippen molar-refractivity contribution in [2.24, 2.45) is 0 Å². The van der Waals surface area contributed by atoms with Crippen molar-refractivity contribution in [3.63, 3.8) is 0 Å². The molecular weight excluding hydrogens is 252 g/mol. The zero-order chi connectivity index (χ0) is 14.4. The van der Waals surface area contributed by atoms with Crippen LogP contribution in [-0.2, 0) is 11.2 Å². The largest absolute Gasteiger partial charge is 0.478 e. The molecule has 0 atom stereocenters. The van der Waals surface area contributed by atoms with Crippen molar-refractivity contribution < 1.29 is 14.6 Å². The topological polar surface area (TPSA) is 46.5 Å². The van der Waals surface area contributed by atoms with E-state index < -0.39 is 5.97 Å². The van der Waals surface area contributed by atoms with Crippen LogP contribution < -0.4 is 4.74 Å². The molecule has 0 radical (unpaired) electrons.